The number of nitrogens with zero attached hydrogens (tertiary/aromatic N) is 3. The van der Waals surface area contributed by atoms with Crippen LogP contribution >= 0.6 is 11.6 Å². The van der Waals surface area contributed by atoms with Crippen molar-refractivity contribution in [2.75, 3.05) is 30.9 Å². The molecule has 1 saturated heterocycles. The van der Waals surface area contributed by atoms with E-state index in [-0.39, 0.29) is 16.4 Å². The molecule has 0 bridgehead atoms. The zero-order valence-electron chi connectivity index (χ0n) is 10.8. The average Bonchev–Trinajstić information content (AvgIpc) is 2.37. The second-order valence-corrected chi connectivity index (χ2v) is 6.75. The van der Waals surface area contributed by atoms with Gasteiger partial charge in [0.15, 0.2) is 0 Å². The molecule has 0 N–H and O–H groups in total. The van der Waals surface area contributed by atoms with Crippen LogP contribution in [-0.2, 0) is 14.6 Å². The molecule has 1 aromatic rings. The van der Waals surface area contributed by atoms with Crippen molar-refractivity contribution in [2.45, 2.75) is 24.6 Å². The quantitative estimate of drug-likeness (QED) is 0.616. The Morgan fingerprint density at radius 3 is 2.89 bits per heavy atom. The Hall–Kier alpha value is -0.920. The zero-order chi connectivity index (χ0) is 14.0. The molecule has 1 atom stereocenters. The normalized spacial score (nSPS) is 20.6. The van der Waals surface area contributed by atoms with Gasteiger partial charge in [0, 0.05) is 25.4 Å². The molecule has 1 aromatic heterocycles. The van der Waals surface area contributed by atoms with Crippen molar-refractivity contribution in [2.24, 2.45) is 0 Å². The summed E-state index contributed by atoms with van der Waals surface area (Å²) in [6.07, 6.45) is 2.09. The molecule has 106 valence electrons. The maximum atomic E-state index is 11.5. The summed E-state index contributed by atoms with van der Waals surface area (Å²) in [5.41, 5.74) is 0. The second kappa shape index (κ2) is 5.60. The molecule has 0 aromatic carbocycles. The molecule has 2 rings (SSSR count). The van der Waals surface area contributed by atoms with Crippen LogP contribution in [0.25, 0.3) is 0 Å². The van der Waals surface area contributed by atoms with Gasteiger partial charge < -0.3 is 9.64 Å². The topological polar surface area (TPSA) is 72.4 Å². The smallest absolute Gasteiger partial charge is 0.250 e. The van der Waals surface area contributed by atoms with Crippen molar-refractivity contribution in [1.29, 1.82) is 0 Å². The number of morpholine rings is 1. The minimum absolute atomic E-state index is 0.129. The largest absolute Gasteiger partial charge is 0.375 e. The third kappa shape index (κ3) is 3.55. The summed E-state index contributed by atoms with van der Waals surface area (Å²) in [4.78, 5) is 9.80. The van der Waals surface area contributed by atoms with E-state index >= 15 is 0 Å². The highest BCUT2D eigenvalue weighted by Crippen LogP contribution is 2.21. The lowest BCUT2D eigenvalue weighted by Gasteiger charge is -2.33. The first kappa shape index (κ1) is 14.5. The Balaban J connectivity index is 2.32. The summed E-state index contributed by atoms with van der Waals surface area (Å²) in [7, 11) is -3.47. The van der Waals surface area contributed by atoms with Crippen LogP contribution in [0, 0.1) is 0 Å². The minimum atomic E-state index is -3.47. The fraction of sp³-hybridized carbons (Fsp3) is 0.636. The van der Waals surface area contributed by atoms with E-state index in [1.165, 1.54) is 0 Å². The highest BCUT2D eigenvalue weighted by molar-refractivity contribution is 7.90. The first-order chi connectivity index (χ1) is 8.90. The second-order valence-electron chi connectivity index (χ2n) is 4.45. The van der Waals surface area contributed by atoms with Gasteiger partial charge in [-0.3, -0.25) is 0 Å². The van der Waals surface area contributed by atoms with E-state index in [0.29, 0.717) is 25.5 Å². The summed E-state index contributed by atoms with van der Waals surface area (Å²) >= 11 is 5.87. The molecular formula is C11H16ClN3O3S. The molecule has 8 heteroatoms. The van der Waals surface area contributed by atoms with Crippen LogP contribution in [0.3, 0.4) is 0 Å². The molecule has 6 nitrogen and oxygen atoms in total. The summed E-state index contributed by atoms with van der Waals surface area (Å²) < 4.78 is 28.6. The molecule has 19 heavy (non-hydrogen) atoms. The van der Waals surface area contributed by atoms with Gasteiger partial charge in [-0.2, -0.15) is 0 Å². The van der Waals surface area contributed by atoms with E-state index in [9.17, 15) is 8.42 Å². The zero-order valence-corrected chi connectivity index (χ0v) is 12.4. The fourth-order valence-electron chi connectivity index (χ4n) is 1.89. The van der Waals surface area contributed by atoms with Gasteiger partial charge >= 0.3 is 0 Å². The first-order valence-corrected chi connectivity index (χ1v) is 8.28. The van der Waals surface area contributed by atoms with Gasteiger partial charge in [-0.05, 0) is 6.42 Å². The molecule has 0 aliphatic carbocycles. The highest BCUT2D eigenvalue weighted by Gasteiger charge is 2.22. The lowest BCUT2D eigenvalue weighted by Crippen LogP contribution is -2.42. The number of hydrogen-bond donors (Lipinski definition) is 0. The van der Waals surface area contributed by atoms with E-state index in [1.54, 1.807) is 6.07 Å². The van der Waals surface area contributed by atoms with Gasteiger partial charge in [-0.1, -0.05) is 18.5 Å². The number of halogens is 1. The monoisotopic (exact) mass is 305 g/mol. The maximum Gasteiger partial charge on any atom is 0.250 e. The number of anilines is 1. The molecule has 2 heterocycles. The fourth-order valence-corrected chi connectivity index (χ4v) is 2.64. The molecule has 0 saturated carbocycles. The number of aromatic nitrogens is 2. The molecule has 1 fully saturated rings. The third-order valence-corrected chi connectivity index (χ3v) is 3.95. The van der Waals surface area contributed by atoms with Gasteiger partial charge in [0.25, 0.3) is 0 Å². The lowest BCUT2D eigenvalue weighted by atomic mass is 10.2. The molecule has 0 unspecified atom stereocenters. The van der Waals surface area contributed by atoms with Crippen molar-refractivity contribution in [1.82, 2.24) is 9.97 Å². The summed E-state index contributed by atoms with van der Waals surface area (Å²) in [6.45, 7) is 3.97. The summed E-state index contributed by atoms with van der Waals surface area (Å²) in [6, 6.07) is 1.58. The van der Waals surface area contributed by atoms with E-state index in [0.717, 1.165) is 12.7 Å². The minimum Gasteiger partial charge on any atom is -0.375 e. The molecule has 1 aliphatic heterocycles. The summed E-state index contributed by atoms with van der Waals surface area (Å²) in [5, 5.41) is -0.112. The number of rotatable bonds is 3. The molecule has 0 spiro atoms. The third-order valence-electron chi connectivity index (χ3n) is 2.91. The van der Waals surface area contributed by atoms with Crippen LogP contribution in [-0.4, -0.2) is 50.4 Å². The number of ether oxygens (including phenoxy) is 1. The first-order valence-electron chi connectivity index (χ1n) is 6.01. The lowest BCUT2D eigenvalue weighted by molar-refractivity contribution is 0.0381. The highest BCUT2D eigenvalue weighted by atomic mass is 35.5. The number of hydrogen-bond acceptors (Lipinski definition) is 6. The maximum absolute atomic E-state index is 11.5. The average molecular weight is 306 g/mol. The SMILES string of the molecule is CC[C@H]1CN(c2cc(Cl)nc(S(C)(=O)=O)n2)CCO1. The van der Waals surface area contributed by atoms with Crippen LogP contribution < -0.4 is 4.90 Å². The predicted molar refractivity (Wildman–Crippen MR) is 72.4 cm³/mol. The van der Waals surface area contributed by atoms with Gasteiger partial charge in [-0.15, -0.1) is 0 Å². The predicted octanol–water partition coefficient (Wildman–Crippen LogP) is 1.15. The van der Waals surface area contributed by atoms with Crippen LogP contribution in [0.4, 0.5) is 5.82 Å². The van der Waals surface area contributed by atoms with E-state index in [4.69, 9.17) is 16.3 Å². The Kier molecular flexibility index (Phi) is 4.27. The van der Waals surface area contributed by atoms with Crippen molar-refractivity contribution in [3.05, 3.63) is 11.2 Å². The van der Waals surface area contributed by atoms with E-state index in [2.05, 4.69) is 9.97 Å². The van der Waals surface area contributed by atoms with Crippen LogP contribution in [0.2, 0.25) is 5.15 Å². The van der Waals surface area contributed by atoms with Crippen molar-refractivity contribution < 1.29 is 13.2 Å². The van der Waals surface area contributed by atoms with Crippen LogP contribution in [0.1, 0.15) is 13.3 Å². The Bertz CT molecular complexity index is 564. The molecule has 0 amide bonds. The Labute approximate surface area is 117 Å². The van der Waals surface area contributed by atoms with Gasteiger partial charge in [0.1, 0.15) is 11.0 Å². The Morgan fingerprint density at radius 1 is 1.53 bits per heavy atom. The standard InChI is InChI=1S/C11H16ClN3O3S/c1-3-8-7-15(4-5-18-8)10-6-9(12)13-11(14-10)19(2,16)17/h6,8H,3-5,7H2,1-2H3/t8-/m0/s1. The van der Waals surface area contributed by atoms with Gasteiger partial charge in [0.05, 0.1) is 12.7 Å². The molecule has 1 aliphatic rings. The van der Waals surface area contributed by atoms with Crippen molar-refractivity contribution in [3.8, 4) is 0 Å². The van der Waals surface area contributed by atoms with Gasteiger partial charge in [0.2, 0.25) is 15.0 Å². The van der Waals surface area contributed by atoms with Crippen LogP contribution in [0.15, 0.2) is 11.2 Å². The van der Waals surface area contributed by atoms with E-state index in [1.807, 2.05) is 11.8 Å². The van der Waals surface area contributed by atoms with Crippen LogP contribution in [0.5, 0.6) is 0 Å². The van der Waals surface area contributed by atoms with Gasteiger partial charge in [-0.25, -0.2) is 18.4 Å². The number of sulfone groups is 1. The van der Waals surface area contributed by atoms with E-state index < -0.39 is 9.84 Å². The summed E-state index contributed by atoms with van der Waals surface area (Å²) in [5.74, 6) is 0.530. The molecule has 0 radical (unpaired) electrons. The Morgan fingerprint density at radius 2 is 2.26 bits per heavy atom. The van der Waals surface area contributed by atoms with Crippen molar-refractivity contribution in [3.63, 3.8) is 0 Å². The molecular weight excluding hydrogens is 290 g/mol. The van der Waals surface area contributed by atoms with Crippen molar-refractivity contribution >= 4 is 27.3 Å².